The molecule has 0 aromatic heterocycles. The molecule has 3 nitrogen and oxygen atoms in total. The van der Waals surface area contributed by atoms with Crippen molar-refractivity contribution in [2.45, 2.75) is 18.6 Å². The third-order valence-electron chi connectivity index (χ3n) is 3.39. The molecule has 0 bridgehead atoms. The number of ether oxygens (including phenoxy) is 1. The van der Waals surface area contributed by atoms with Gasteiger partial charge in [-0.2, -0.15) is 0 Å². The van der Waals surface area contributed by atoms with Gasteiger partial charge in [-0.25, -0.2) is 8.42 Å². The Morgan fingerprint density at radius 1 is 1.05 bits per heavy atom. The van der Waals surface area contributed by atoms with Crippen LogP contribution in [0.1, 0.15) is 24.0 Å². The van der Waals surface area contributed by atoms with Crippen molar-refractivity contribution in [3.05, 3.63) is 65.7 Å². The Balaban J connectivity index is 2.08. The molecule has 2 aromatic carbocycles. The van der Waals surface area contributed by atoms with Gasteiger partial charge in [-0.3, -0.25) is 0 Å². The average molecular weight is 304 g/mol. The van der Waals surface area contributed by atoms with E-state index in [2.05, 4.69) is 0 Å². The van der Waals surface area contributed by atoms with Crippen molar-refractivity contribution in [3.8, 4) is 5.75 Å². The van der Waals surface area contributed by atoms with E-state index in [1.54, 1.807) is 13.2 Å². The van der Waals surface area contributed by atoms with E-state index < -0.39 is 9.84 Å². The maximum absolute atomic E-state index is 12.3. The first kappa shape index (κ1) is 15.6. The van der Waals surface area contributed by atoms with Crippen LogP contribution in [-0.2, 0) is 15.6 Å². The second kappa shape index (κ2) is 6.76. The molecule has 0 aliphatic heterocycles. The van der Waals surface area contributed by atoms with E-state index in [0.717, 1.165) is 11.1 Å². The summed E-state index contributed by atoms with van der Waals surface area (Å²) < 4.78 is 29.8. The molecule has 0 heterocycles. The predicted molar refractivity (Wildman–Crippen MR) is 85.3 cm³/mol. The number of sulfone groups is 1. The van der Waals surface area contributed by atoms with Gasteiger partial charge in [-0.1, -0.05) is 49.4 Å². The molecule has 1 atom stereocenters. The summed E-state index contributed by atoms with van der Waals surface area (Å²) in [6.07, 6.45) is 0. The van der Waals surface area contributed by atoms with E-state index in [1.807, 2.05) is 55.5 Å². The summed E-state index contributed by atoms with van der Waals surface area (Å²) in [5.74, 6) is 0.857. The van der Waals surface area contributed by atoms with Crippen molar-refractivity contribution >= 4 is 9.84 Å². The zero-order chi connectivity index (χ0) is 15.3. The Bertz CT molecular complexity index is 678. The van der Waals surface area contributed by atoms with Gasteiger partial charge in [-0.05, 0) is 29.2 Å². The van der Waals surface area contributed by atoms with E-state index >= 15 is 0 Å². The molecule has 4 heteroatoms. The second-order valence-corrected chi connectivity index (χ2v) is 7.33. The van der Waals surface area contributed by atoms with E-state index in [-0.39, 0.29) is 17.4 Å². The van der Waals surface area contributed by atoms with Crippen LogP contribution in [0.25, 0.3) is 0 Å². The quantitative estimate of drug-likeness (QED) is 0.821. The van der Waals surface area contributed by atoms with Crippen molar-refractivity contribution in [2.24, 2.45) is 0 Å². The van der Waals surface area contributed by atoms with Crippen LogP contribution in [0.2, 0.25) is 0 Å². The fourth-order valence-corrected chi connectivity index (χ4v) is 4.09. The third-order valence-corrected chi connectivity index (χ3v) is 5.17. The minimum atomic E-state index is -3.16. The summed E-state index contributed by atoms with van der Waals surface area (Å²) in [4.78, 5) is 0. The van der Waals surface area contributed by atoms with Gasteiger partial charge in [0.15, 0.2) is 9.84 Å². The monoisotopic (exact) mass is 304 g/mol. The maximum atomic E-state index is 12.3. The summed E-state index contributed by atoms with van der Waals surface area (Å²) >= 11 is 0. The molecule has 0 amide bonds. The Morgan fingerprint density at radius 2 is 1.76 bits per heavy atom. The third kappa shape index (κ3) is 4.60. The highest BCUT2D eigenvalue weighted by molar-refractivity contribution is 7.90. The van der Waals surface area contributed by atoms with Crippen LogP contribution in [0.15, 0.2) is 54.6 Å². The summed E-state index contributed by atoms with van der Waals surface area (Å²) in [5.41, 5.74) is 1.81. The van der Waals surface area contributed by atoms with Gasteiger partial charge >= 0.3 is 0 Å². The van der Waals surface area contributed by atoms with Crippen LogP contribution >= 0.6 is 0 Å². The van der Waals surface area contributed by atoms with E-state index in [9.17, 15) is 8.42 Å². The lowest BCUT2D eigenvalue weighted by atomic mass is 10.0. The summed E-state index contributed by atoms with van der Waals surface area (Å²) in [6.45, 7) is 1.94. The first-order valence-corrected chi connectivity index (χ1v) is 8.70. The van der Waals surface area contributed by atoms with Crippen LogP contribution in [0.4, 0.5) is 0 Å². The molecule has 0 aliphatic carbocycles. The molecular weight excluding hydrogens is 284 g/mol. The smallest absolute Gasteiger partial charge is 0.155 e. The van der Waals surface area contributed by atoms with Crippen LogP contribution < -0.4 is 4.74 Å². The number of rotatable bonds is 6. The molecule has 0 spiro atoms. The van der Waals surface area contributed by atoms with Gasteiger partial charge in [-0.15, -0.1) is 0 Å². The fourth-order valence-electron chi connectivity index (χ4n) is 2.33. The lowest BCUT2D eigenvalue weighted by Gasteiger charge is -2.13. The minimum Gasteiger partial charge on any atom is -0.497 e. The standard InChI is InChI=1S/C17H20O3S/c1-14(16-8-4-3-5-9-16)12-21(18,19)13-15-7-6-10-17(11-15)20-2/h3-11,14H,12-13H2,1-2H3. The lowest BCUT2D eigenvalue weighted by molar-refractivity contribution is 0.414. The van der Waals surface area contributed by atoms with Crippen LogP contribution in [-0.4, -0.2) is 21.3 Å². The number of benzene rings is 2. The summed E-state index contributed by atoms with van der Waals surface area (Å²) in [6, 6.07) is 16.9. The van der Waals surface area contributed by atoms with Crippen LogP contribution in [0.3, 0.4) is 0 Å². The molecule has 21 heavy (non-hydrogen) atoms. The van der Waals surface area contributed by atoms with E-state index in [1.165, 1.54) is 0 Å². The van der Waals surface area contributed by atoms with Gasteiger partial charge in [0.05, 0.1) is 18.6 Å². The Labute approximate surface area is 126 Å². The maximum Gasteiger partial charge on any atom is 0.155 e. The Kier molecular flexibility index (Phi) is 5.02. The van der Waals surface area contributed by atoms with Gasteiger partial charge in [0.25, 0.3) is 0 Å². The van der Waals surface area contributed by atoms with E-state index in [0.29, 0.717) is 5.75 Å². The predicted octanol–water partition coefficient (Wildman–Crippen LogP) is 3.41. The number of methoxy groups -OCH3 is 1. The van der Waals surface area contributed by atoms with Crippen molar-refractivity contribution < 1.29 is 13.2 Å². The van der Waals surface area contributed by atoms with Gasteiger partial charge in [0, 0.05) is 0 Å². The summed E-state index contributed by atoms with van der Waals surface area (Å²) in [7, 11) is -1.59. The molecular formula is C17H20O3S. The van der Waals surface area contributed by atoms with Gasteiger partial charge in [0.2, 0.25) is 0 Å². The van der Waals surface area contributed by atoms with Crippen molar-refractivity contribution in [1.82, 2.24) is 0 Å². The van der Waals surface area contributed by atoms with Crippen molar-refractivity contribution in [1.29, 1.82) is 0 Å². The molecule has 112 valence electrons. The largest absolute Gasteiger partial charge is 0.497 e. The second-order valence-electron chi connectivity index (χ2n) is 5.22. The number of hydrogen-bond acceptors (Lipinski definition) is 3. The van der Waals surface area contributed by atoms with Crippen molar-refractivity contribution in [2.75, 3.05) is 12.9 Å². The molecule has 0 N–H and O–H groups in total. The SMILES string of the molecule is COc1cccc(CS(=O)(=O)CC(C)c2ccccc2)c1. The summed E-state index contributed by atoms with van der Waals surface area (Å²) in [5, 5.41) is 0. The molecule has 2 rings (SSSR count). The topological polar surface area (TPSA) is 43.4 Å². The molecule has 0 aliphatic rings. The molecule has 1 unspecified atom stereocenters. The zero-order valence-electron chi connectivity index (χ0n) is 12.3. The fraction of sp³-hybridized carbons (Fsp3) is 0.294. The van der Waals surface area contributed by atoms with Gasteiger partial charge < -0.3 is 4.74 Å². The highest BCUT2D eigenvalue weighted by Gasteiger charge is 2.18. The highest BCUT2D eigenvalue weighted by Crippen LogP contribution is 2.20. The Morgan fingerprint density at radius 3 is 2.43 bits per heavy atom. The molecule has 0 radical (unpaired) electrons. The van der Waals surface area contributed by atoms with Crippen LogP contribution in [0.5, 0.6) is 5.75 Å². The molecule has 0 fully saturated rings. The first-order chi connectivity index (χ1) is 10.00. The average Bonchev–Trinajstić information content (AvgIpc) is 2.47. The normalized spacial score (nSPS) is 12.9. The van der Waals surface area contributed by atoms with E-state index in [4.69, 9.17) is 4.74 Å². The molecule has 2 aromatic rings. The zero-order valence-corrected chi connectivity index (χ0v) is 13.1. The Hall–Kier alpha value is -1.81. The molecule has 0 saturated heterocycles. The van der Waals surface area contributed by atoms with Gasteiger partial charge in [0.1, 0.15) is 5.75 Å². The molecule has 0 saturated carbocycles. The number of hydrogen-bond donors (Lipinski definition) is 0. The van der Waals surface area contributed by atoms with Crippen molar-refractivity contribution in [3.63, 3.8) is 0 Å². The highest BCUT2D eigenvalue weighted by atomic mass is 32.2. The van der Waals surface area contributed by atoms with Crippen LogP contribution in [0, 0.1) is 0 Å². The lowest BCUT2D eigenvalue weighted by Crippen LogP contribution is -2.14. The minimum absolute atomic E-state index is 0.0122. The first-order valence-electron chi connectivity index (χ1n) is 6.88.